The molecule has 5 nitrogen and oxygen atoms in total. The lowest BCUT2D eigenvalue weighted by atomic mass is 10.2. The number of anilines is 1. The molecule has 90 valence electrons. The monoisotopic (exact) mass is 244 g/mol. The van der Waals surface area contributed by atoms with Gasteiger partial charge in [-0.25, -0.2) is 4.39 Å². The Morgan fingerprint density at radius 3 is 3.00 bits per heavy atom. The van der Waals surface area contributed by atoms with Crippen LogP contribution in [0.1, 0.15) is 10.5 Å². The molecule has 0 spiro atoms. The molecule has 0 saturated heterocycles. The Bertz CT molecular complexity index is 702. The first-order chi connectivity index (χ1) is 8.74. The van der Waals surface area contributed by atoms with Gasteiger partial charge < -0.3 is 10.3 Å². The molecule has 0 bridgehead atoms. The summed E-state index contributed by atoms with van der Waals surface area (Å²) in [5, 5.41) is 9.33. The number of aromatic nitrogens is 3. The molecule has 2 heterocycles. The van der Waals surface area contributed by atoms with Crippen molar-refractivity contribution in [1.82, 2.24) is 15.2 Å². The number of carbonyl (C=O) groups is 1. The van der Waals surface area contributed by atoms with E-state index in [1.807, 2.05) is 0 Å². The molecule has 0 aliphatic heterocycles. The van der Waals surface area contributed by atoms with Gasteiger partial charge in [0.1, 0.15) is 11.5 Å². The number of rotatable bonds is 2. The number of amides is 1. The van der Waals surface area contributed by atoms with Gasteiger partial charge in [0, 0.05) is 17.1 Å². The number of nitrogens with zero attached hydrogens (tertiary/aromatic N) is 1. The maximum atomic E-state index is 13.5. The van der Waals surface area contributed by atoms with Crippen molar-refractivity contribution in [3.63, 3.8) is 0 Å². The van der Waals surface area contributed by atoms with Crippen LogP contribution in [-0.4, -0.2) is 21.1 Å². The zero-order valence-corrected chi connectivity index (χ0v) is 9.20. The summed E-state index contributed by atoms with van der Waals surface area (Å²) < 4.78 is 13.5. The number of hydrogen-bond donors (Lipinski definition) is 3. The van der Waals surface area contributed by atoms with Crippen LogP contribution in [-0.2, 0) is 0 Å². The van der Waals surface area contributed by atoms with Gasteiger partial charge in [0.15, 0.2) is 0 Å². The molecular formula is C12H9FN4O. The molecule has 0 fully saturated rings. The number of aromatic amines is 2. The lowest BCUT2D eigenvalue weighted by Crippen LogP contribution is -2.11. The van der Waals surface area contributed by atoms with Crippen molar-refractivity contribution in [2.24, 2.45) is 0 Å². The van der Waals surface area contributed by atoms with Crippen LogP contribution in [0.15, 0.2) is 36.7 Å². The highest BCUT2D eigenvalue weighted by molar-refractivity contribution is 6.05. The molecule has 6 heteroatoms. The van der Waals surface area contributed by atoms with Gasteiger partial charge in [-0.05, 0) is 18.2 Å². The molecule has 3 N–H and O–H groups in total. The van der Waals surface area contributed by atoms with E-state index in [0.29, 0.717) is 22.3 Å². The second-order valence-electron chi connectivity index (χ2n) is 3.83. The Kier molecular flexibility index (Phi) is 2.33. The van der Waals surface area contributed by atoms with Crippen molar-refractivity contribution in [3.8, 4) is 0 Å². The minimum Gasteiger partial charge on any atom is -0.350 e. The van der Waals surface area contributed by atoms with Gasteiger partial charge >= 0.3 is 0 Å². The van der Waals surface area contributed by atoms with Gasteiger partial charge in [0.05, 0.1) is 11.9 Å². The van der Waals surface area contributed by atoms with Crippen LogP contribution in [0.5, 0.6) is 0 Å². The third kappa shape index (κ3) is 1.73. The first kappa shape index (κ1) is 10.5. The Morgan fingerprint density at radius 2 is 2.28 bits per heavy atom. The Hall–Kier alpha value is -2.63. The van der Waals surface area contributed by atoms with Gasteiger partial charge in [-0.15, -0.1) is 0 Å². The molecule has 0 saturated carbocycles. The molecule has 0 radical (unpaired) electrons. The third-order valence-electron chi connectivity index (χ3n) is 2.61. The zero-order chi connectivity index (χ0) is 12.5. The normalized spacial score (nSPS) is 10.7. The molecule has 0 unspecified atom stereocenters. The van der Waals surface area contributed by atoms with Crippen molar-refractivity contribution in [2.75, 3.05) is 5.32 Å². The topological polar surface area (TPSA) is 73.6 Å². The fourth-order valence-electron chi connectivity index (χ4n) is 1.76. The predicted molar refractivity (Wildman–Crippen MR) is 64.8 cm³/mol. The smallest absolute Gasteiger partial charge is 0.272 e. The fraction of sp³-hybridized carbons (Fsp3) is 0. The average Bonchev–Trinajstić information content (AvgIpc) is 2.97. The van der Waals surface area contributed by atoms with Crippen molar-refractivity contribution in [3.05, 3.63) is 48.2 Å². The summed E-state index contributed by atoms with van der Waals surface area (Å²) in [6, 6.07) is 6.15. The SMILES string of the molecule is O=C(Nc1cn[nH]c1)c1cc2c(F)cccc2[nH]1. The maximum Gasteiger partial charge on any atom is 0.272 e. The molecule has 0 aliphatic carbocycles. The second kappa shape index (κ2) is 3.99. The van der Waals surface area contributed by atoms with Crippen molar-refractivity contribution in [2.45, 2.75) is 0 Å². The zero-order valence-electron chi connectivity index (χ0n) is 9.20. The second-order valence-corrected chi connectivity index (χ2v) is 3.83. The van der Waals surface area contributed by atoms with Gasteiger partial charge in [0.25, 0.3) is 5.91 Å². The summed E-state index contributed by atoms with van der Waals surface area (Å²) in [7, 11) is 0. The lowest BCUT2D eigenvalue weighted by Gasteiger charge is -1.98. The van der Waals surface area contributed by atoms with Crippen LogP contribution in [0.4, 0.5) is 10.1 Å². The molecule has 0 aliphatic rings. The highest BCUT2D eigenvalue weighted by atomic mass is 19.1. The highest BCUT2D eigenvalue weighted by Crippen LogP contribution is 2.19. The van der Waals surface area contributed by atoms with E-state index in [1.54, 1.807) is 18.3 Å². The molecule has 1 aromatic carbocycles. The van der Waals surface area contributed by atoms with Crippen LogP contribution in [0.2, 0.25) is 0 Å². The number of nitrogens with one attached hydrogen (secondary N) is 3. The Balaban J connectivity index is 1.94. The summed E-state index contributed by atoms with van der Waals surface area (Å²) in [5.74, 6) is -0.696. The summed E-state index contributed by atoms with van der Waals surface area (Å²) in [5.41, 5.74) is 1.45. The van der Waals surface area contributed by atoms with Gasteiger partial charge in [-0.1, -0.05) is 6.07 Å². The van der Waals surface area contributed by atoms with E-state index >= 15 is 0 Å². The highest BCUT2D eigenvalue weighted by Gasteiger charge is 2.11. The van der Waals surface area contributed by atoms with Crippen LogP contribution < -0.4 is 5.32 Å². The summed E-state index contributed by atoms with van der Waals surface area (Å²) >= 11 is 0. The summed E-state index contributed by atoms with van der Waals surface area (Å²) in [6.45, 7) is 0. The predicted octanol–water partition coefficient (Wildman–Crippen LogP) is 2.28. The van der Waals surface area contributed by atoms with E-state index in [9.17, 15) is 9.18 Å². The molecule has 18 heavy (non-hydrogen) atoms. The largest absolute Gasteiger partial charge is 0.350 e. The maximum absolute atomic E-state index is 13.5. The van der Waals surface area contributed by atoms with E-state index in [0.717, 1.165) is 0 Å². The number of hydrogen-bond acceptors (Lipinski definition) is 2. The number of benzene rings is 1. The van der Waals surface area contributed by atoms with Crippen molar-refractivity contribution < 1.29 is 9.18 Å². The number of H-pyrrole nitrogens is 2. The van der Waals surface area contributed by atoms with Crippen LogP contribution in [0.25, 0.3) is 10.9 Å². The number of carbonyl (C=O) groups excluding carboxylic acids is 1. The van der Waals surface area contributed by atoms with E-state index < -0.39 is 0 Å². The first-order valence-electron chi connectivity index (χ1n) is 5.31. The van der Waals surface area contributed by atoms with Crippen LogP contribution in [0, 0.1) is 5.82 Å². The summed E-state index contributed by atoms with van der Waals surface area (Å²) in [6.07, 6.45) is 3.04. The minimum atomic E-state index is -0.355. The molecule has 3 rings (SSSR count). The molecule has 2 aromatic heterocycles. The van der Waals surface area contributed by atoms with Crippen molar-refractivity contribution in [1.29, 1.82) is 0 Å². The standard InChI is InChI=1S/C12H9FN4O/c13-9-2-1-3-10-8(9)4-11(17-10)12(18)16-7-5-14-15-6-7/h1-6,17H,(H,14,15)(H,16,18). The van der Waals surface area contributed by atoms with Gasteiger partial charge in [0.2, 0.25) is 0 Å². The lowest BCUT2D eigenvalue weighted by molar-refractivity contribution is 0.102. The number of fused-ring (bicyclic) bond motifs is 1. The van der Waals surface area contributed by atoms with Gasteiger partial charge in [-0.3, -0.25) is 9.89 Å². The summed E-state index contributed by atoms with van der Waals surface area (Å²) in [4.78, 5) is 14.8. The van der Waals surface area contributed by atoms with Gasteiger partial charge in [-0.2, -0.15) is 5.10 Å². The Labute approximate surface area is 101 Å². The molecule has 0 atom stereocenters. The molecule has 3 aromatic rings. The quantitative estimate of drug-likeness (QED) is 0.647. The van der Waals surface area contributed by atoms with E-state index in [1.165, 1.54) is 18.3 Å². The average molecular weight is 244 g/mol. The van der Waals surface area contributed by atoms with Crippen molar-refractivity contribution >= 4 is 22.5 Å². The molecular weight excluding hydrogens is 235 g/mol. The number of halogens is 1. The molecule has 1 amide bonds. The van der Waals surface area contributed by atoms with E-state index in [4.69, 9.17) is 0 Å². The minimum absolute atomic E-state index is 0.302. The van der Waals surface area contributed by atoms with E-state index in [2.05, 4.69) is 20.5 Å². The Morgan fingerprint density at radius 1 is 1.39 bits per heavy atom. The fourth-order valence-corrected chi connectivity index (χ4v) is 1.76. The van der Waals surface area contributed by atoms with E-state index in [-0.39, 0.29) is 11.7 Å². The first-order valence-corrected chi connectivity index (χ1v) is 5.31. The van der Waals surface area contributed by atoms with Crippen LogP contribution >= 0.6 is 0 Å². The third-order valence-corrected chi connectivity index (χ3v) is 2.61. The van der Waals surface area contributed by atoms with Crippen LogP contribution in [0.3, 0.4) is 0 Å².